The van der Waals surface area contributed by atoms with Gasteiger partial charge in [0, 0.05) is 18.2 Å². The minimum Gasteiger partial charge on any atom is -0.466 e. The summed E-state index contributed by atoms with van der Waals surface area (Å²) in [5.41, 5.74) is 1.17. The van der Waals surface area contributed by atoms with E-state index in [4.69, 9.17) is 4.74 Å². The van der Waals surface area contributed by atoms with Crippen LogP contribution in [0.5, 0.6) is 0 Å². The van der Waals surface area contributed by atoms with Crippen LogP contribution in [0.3, 0.4) is 0 Å². The molecule has 0 heterocycles. The van der Waals surface area contributed by atoms with Gasteiger partial charge in [-0.25, -0.2) is 14.4 Å². The van der Waals surface area contributed by atoms with Crippen LogP contribution in [-0.4, -0.2) is 38.2 Å². The largest absolute Gasteiger partial charge is 0.466 e. The lowest BCUT2D eigenvalue weighted by Crippen LogP contribution is -2.12. The summed E-state index contributed by atoms with van der Waals surface area (Å²) in [4.78, 5) is 31.0. The van der Waals surface area contributed by atoms with Crippen molar-refractivity contribution in [2.45, 2.75) is 59.3 Å². The van der Waals surface area contributed by atoms with Crippen LogP contribution in [0.25, 0.3) is 6.08 Å². The zero-order chi connectivity index (χ0) is 28.0. The second kappa shape index (κ2) is 29.6. The molecule has 36 heavy (non-hydrogen) atoms. The molecule has 0 N–H and O–H groups in total. The van der Waals surface area contributed by atoms with Gasteiger partial charge in [0.15, 0.2) is 0 Å². The van der Waals surface area contributed by atoms with Gasteiger partial charge in [0.05, 0.1) is 20.3 Å². The molecule has 1 rings (SSSR count). The minimum atomic E-state index is -0.394. The predicted molar refractivity (Wildman–Crippen MR) is 149 cm³/mol. The van der Waals surface area contributed by atoms with Crippen molar-refractivity contribution >= 4 is 24.0 Å². The third-order valence-electron chi connectivity index (χ3n) is 4.48. The highest BCUT2D eigenvalue weighted by molar-refractivity contribution is 5.81. The van der Waals surface area contributed by atoms with Gasteiger partial charge in [-0.2, -0.15) is 0 Å². The number of ether oxygens (including phenoxy) is 3. The van der Waals surface area contributed by atoms with E-state index in [1.807, 2.05) is 43.3 Å². The standard InChI is InChI=1S/C11H20O2.C8H8.C7H12O2.C4H6O2/c1-4-7-8-10(5-2)9-13-11(12)6-3;1-2-8-6-4-3-5-7-8;1-3-5-6-9-7(8)4-2;1-3-4(5)6-2/h6,10H,3-5,7-9H2,1-2H3;2-7H,1H2;4H,2-3,5-6H2,1H3;3H,1H2,2H3. The Morgan fingerprint density at radius 1 is 0.806 bits per heavy atom. The highest BCUT2D eigenvalue weighted by Gasteiger charge is 2.07. The van der Waals surface area contributed by atoms with Crippen molar-refractivity contribution < 1.29 is 28.6 Å². The topological polar surface area (TPSA) is 78.9 Å². The number of unbranched alkanes of at least 4 members (excludes halogenated alkanes) is 2. The Morgan fingerprint density at radius 2 is 1.33 bits per heavy atom. The molecule has 0 aliphatic carbocycles. The van der Waals surface area contributed by atoms with Gasteiger partial charge in [-0.15, -0.1) is 0 Å². The van der Waals surface area contributed by atoms with Gasteiger partial charge in [-0.05, 0) is 24.3 Å². The third-order valence-corrected chi connectivity index (χ3v) is 4.48. The van der Waals surface area contributed by atoms with Crippen molar-refractivity contribution in [3.63, 3.8) is 0 Å². The maximum atomic E-state index is 10.8. The maximum Gasteiger partial charge on any atom is 0.330 e. The van der Waals surface area contributed by atoms with E-state index in [1.165, 1.54) is 37.7 Å². The van der Waals surface area contributed by atoms with Crippen LogP contribution < -0.4 is 0 Å². The summed E-state index contributed by atoms with van der Waals surface area (Å²) < 4.78 is 13.8. The quantitative estimate of drug-likeness (QED) is 0.124. The summed E-state index contributed by atoms with van der Waals surface area (Å²) in [6.07, 6.45) is 11.9. The molecule has 1 aromatic rings. The van der Waals surface area contributed by atoms with Crippen molar-refractivity contribution in [3.05, 3.63) is 80.4 Å². The molecule has 0 spiro atoms. The molecule has 0 radical (unpaired) electrons. The number of methoxy groups -OCH3 is 1. The molecule has 1 atom stereocenters. The van der Waals surface area contributed by atoms with Crippen molar-refractivity contribution in [1.82, 2.24) is 0 Å². The fourth-order valence-corrected chi connectivity index (χ4v) is 2.21. The van der Waals surface area contributed by atoms with Crippen molar-refractivity contribution in [2.75, 3.05) is 20.3 Å². The summed E-state index contributed by atoms with van der Waals surface area (Å²) in [5, 5.41) is 0. The average molecular weight is 503 g/mol. The molecule has 0 aromatic heterocycles. The number of benzene rings is 1. The zero-order valence-corrected chi connectivity index (χ0v) is 22.7. The summed E-state index contributed by atoms with van der Waals surface area (Å²) in [5.74, 6) is -0.516. The van der Waals surface area contributed by atoms with E-state index in [0.29, 0.717) is 19.1 Å². The summed E-state index contributed by atoms with van der Waals surface area (Å²) in [6.45, 7) is 20.8. The number of hydrogen-bond acceptors (Lipinski definition) is 6. The van der Waals surface area contributed by atoms with Crippen LogP contribution in [0.1, 0.15) is 64.9 Å². The fraction of sp³-hybridized carbons (Fsp3) is 0.433. The predicted octanol–water partition coefficient (Wildman–Crippen LogP) is 7.12. The summed E-state index contributed by atoms with van der Waals surface area (Å²) in [6, 6.07) is 10.0. The molecule has 0 aliphatic heterocycles. The Balaban J connectivity index is -0.000000419. The van der Waals surface area contributed by atoms with Gasteiger partial charge >= 0.3 is 17.9 Å². The number of esters is 3. The Hall–Kier alpha value is -3.41. The first-order valence-electron chi connectivity index (χ1n) is 12.3. The Morgan fingerprint density at radius 3 is 1.69 bits per heavy atom. The zero-order valence-electron chi connectivity index (χ0n) is 22.7. The van der Waals surface area contributed by atoms with Gasteiger partial charge < -0.3 is 14.2 Å². The van der Waals surface area contributed by atoms with E-state index in [2.05, 4.69) is 49.6 Å². The monoisotopic (exact) mass is 502 g/mol. The van der Waals surface area contributed by atoms with E-state index in [0.717, 1.165) is 31.8 Å². The normalized spacial score (nSPS) is 9.56. The Kier molecular flexibility index (Phi) is 30.6. The SMILES string of the molecule is C=CC(=O)OC.C=CC(=O)OCC(CC)CCCC.C=CC(=O)OCCCC.C=Cc1ccccc1. The van der Waals surface area contributed by atoms with Gasteiger partial charge in [0.2, 0.25) is 0 Å². The number of rotatable bonds is 13. The highest BCUT2D eigenvalue weighted by atomic mass is 16.5. The van der Waals surface area contributed by atoms with Gasteiger partial charge in [-0.3, -0.25) is 0 Å². The number of hydrogen-bond donors (Lipinski definition) is 0. The van der Waals surface area contributed by atoms with E-state index in [1.54, 1.807) is 0 Å². The smallest absolute Gasteiger partial charge is 0.330 e. The molecule has 202 valence electrons. The summed E-state index contributed by atoms with van der Waals surface area (Å²) in [7, 11) is 1.31. The molecule has 6 heteroatoms. The number of carbonyl (C=O) groups is 3. The van der Waals surface area contributed by atoms with Gasteiger partial charge in [0.1, 0.15) is 0 Å². The van der Waals surface area contributed by atoms with Crippen LogP contribution in [0.4, 0.5) is 0 Å². The highest BCUT2D eigenvalue weighted by Crippen LogP contribution is 2.12. The molecule has 1 unspecified atom stereocenters. The lowest BCUT2D eigenvalue weighted by molar-refractivity contribution is -0.139. The molecule has 1 aromatic carbocycles. The number of carbonyl (C=O) groups excluding carboxylic acids is 3. The Labute approximate surface area is 218 Å². The molecule has 0 saturated carbocycles. The van der Waals surface area contributed by atoms with Gasteiger partial charge in [0.25, 0.3) is 0 Å². The maximum absolute atomic E-state index is 10.8. The van der Waals surface area contributed by atoms with Crippen molar-refractivity contribution in [1.29, 1.82) is 0 Å². The first-order chi connectivity index (χ1) is 17.3. The van der Waals surface area contributed by atoms with Gasteiger partial charge in [-0.1, -0.05) is 109 Å². The van der Waals surface area contributed by atoms with Crippen LogP contribution in [0, 0.1) is 5.92 Å². The van der Waals surface area contributed by atoms with E-state index >= 15 is 0 Å². The average Bonchev–Trinajstić information content (AvgIpc) is 2.93. The molecule has 0 saturated heterocycles. The van der Waals surface area contributed by atoms with E-state index in [-0.39, 0.29) is 11.9 Å². The molecular weight excluding hydrogens is 456 g/mol. The third kappa shape index (κ3) is 28.6. The van der Waals surface area contributed by atoms with Crippen molar-refractivity contribution in [2.24, 2.45) is 5.92 Å². The second-order valence-corrected chi connectivity index (χ2v) is 7.32. The minimum absolute atomic E-state index is 0.310. The van der Waals surface area contributed by atoms with Crippen LogP contribution >= 0.6 is 0 Å². The molecule has 0 fully saturated rings. The lowest BCUT2D eigenvalue weighted by atomic mass is 10.0. The van der Waals surface area contributed by atoms with Crippen LogP contribution in [0.2, 0.25) is 0 Å². The van der Waals surface area contributed by atoms with E-state index in [9.17, 15) is 14.4 Å². The molecule has 0 amide bonds. The lowest BCUT2D eigenvalue weighted by Gasteiger charge is -2.13. The molecular formula is C30H46O6. The first-order valence-corrected chi connectivity index (χ1v) is 12.3. The molecule has 0 bridgehead atoms. The van der Waals surface area contributed by atoms with E-state index < -0.39 is 5.97 Å². The molecule has 6 nitrogen and oxygen atoms in total. The van der Waals surface area contributed by atoms with Crippen molar-refractivity contribution in [3.8, 4) is 0 Å². The second-order valence-electron chi connectivity index (χ2n) is 7.32. The van der Waals surface area contributed by atoms with Crippen LogP contribution in [-0.2, 0) is 28.6 Å². The summed E-state index contributed by atoms with van der Waals surface area (Å²) >= 11 is 0. The fourth-order valence-electron chi connectivity index (χ4n) is 2.21. The first kappa shape index (κ1) is 37.1. The van der Waals surface area contributed by atoms with Crippen LogP contribution in [0.15, 0.2) is 74.9 Å². The molecule has 0 aliphatic rings. The Bertz CT molecular complexity index is 724.